The summed E-state index contributed by atoms with van der Waals surface area (Å²) in [4.78, 5) is 45.7. The predicted octanol–water partition coefficient (Wildman–Crippen LogP) is 6.46. The number of unbranched alkanes of at least 4 members (excludes halogenated alkanes) is 2. The number of phenolic OH excluding ortho intramolecular Hbond substituents is 3. The number of nitrogens with one attached hydrogen (secondary N) is 1. The number of fused-ring (bicyclic) bond motifs is 14. The van der Waals surface area contributed by atoms with Crippen LogP contribution in [0.4, 0.5) is 5.69 Å². The zero-order chi connectivity index (χ0) is 43.9. The number of benzene rings is 2. The van der Waals surface area contributed by atoms with Crippen molar-refractivity contribution in [2.45, 2.75) is 105 Å². The van der Waals surface area contributed by atoms with Gasteiger partial charge in [-0.05, 0) is 39.2 Å². The molecular formula is C44H58N2O13. The van der Waals surface area contributed by atoms with Crippen molar-refractivity contribution in [2.24, 2.45) is 28.8 Å². The lowest BCUT2D eigenvalue weighted by Crippen LogP contribution is -2.46. The van der Waals surface area contributed by atoms with E-state index in [9.17, 15) is 39.9 Å². The first-order valence-electron chi connectivity index (χ1n) is 19.7. The number of hydrogen-bond donors (Lipinski definition) is 6. The first-order valence-corrected chi connectivity index (χ1v) is 19.7. The van der Waals surface area contributed by atoms with Crippen LogP contribution in [0.25, 0.3) is 10.8 Å². The highest BCUT2D eigenvalue weighted by Gasteiger charge is 2.50. The summed E-state index contributed by atoms with van der Waals surface area (Å²) in [6.07, 6.45) is 8.51. The molecule has 0 aromatic heterocycles. The van der Waals surface area contributed by atoms with E-state index in [1.165, 1.54) is 53.2 Å². The molecular weight excluding hydrogens is 764 g/mol. The van der Waals surface area contributed by atoms with Gasteiger partial charge in [-0.3, -0.25) is 14.4 Å². The minimum absolute atomic E-state index is 0.0332. The number of methoxy groups -OCH3 is 1. The summed E-state index contributed by atoms with van der Waals surface area (Å²) in [5.74, 6) is -8.64. The van der Waals surface area contributed by atoms with Gasteiger partial charge < -0.3 is 54.6 Å². The van der Waals surface area contributed by atoms with Gasteiger partial charge in [0, 0.05) is 61.2 Å². The van der Waals surface area contributed by atoms with Gasteiger partial charge in [0.05, 0.1) is 53.0 Å². The van der Waals surface area contributed by atoms with E-state index in [1.807, 2.05) is 0 Å². The highest BCUT2D eigenvalue weighted by Crippen LogP contribution is 2.55. The summed E-state index contributed by atoms with van der Waals surface area (Å²) in [5, 5.41) is 64.0. The number of rotatable bonds is 9. The Bertz CT molecular complexity index is 2040. The lowest BCUT2D eigenvalue weighted by molar-refractivity contribution is -0.160. The number of Topliss-reactive ketones (excluding diaryl/α,β-unsaturated/α-hetero) is 1. The molecule has 59 heavy (non-hydrogen) atoms. The van der Waals surface area contributed by atoms with Crippen molar-refractivity contribution in [2.75, 3.05) is 19.0 Å². The Morgan fingerprint density at radius 2 is 1.68 bits per heavy atom. The second kappa shape index (κ2) is 19.6. The largest absolute Gasteiger partial charge is 0.507 e. The van der Waals surface area contributed by atoms with E-state index in [1.54, 1.807) is 45.9 Å². The zero-order valence-electron chi connectivity index (χ0n) is 35.1. The molecule has 0 radical (unpaired) electrons. The van der Waals surface area contributed by atoms with Crippen LogP contribution in [0.3, 0.4) is 0 Å². The van der Waals surface area contributed by atoms with E-state index in [0.29, 0.717) is 6.42 Å². The monoisotopic (exact) mass is 822 g/mol. The predicted molar refractivity (Wildman–Crippen MR) is 221 cm³/mol. The molecule has 3 heterocycles. The Morgan fingerprint density at radius 3 is 2.32 bits per heavy atom. The van der Waals surface area contributed by atoms with Crippen LogP contribution in [0.1, 0.15) is 89.2 Å². The number of amides is 1. The van der Waals surface area contributed by atoms with Crippen LogP contribution in [0.5, 0.6) is 23.0 Å². The molecule has 0 saturated heterocycles. The summed E-state index contributed by atoms with van der Waals surface area (Å²) in [7, 11) is 1.43. The molecule has 2 aromatic carbocycles. The molecule has 0 aliphatic carbocycles. The molecule has 322 valence electrons. The van der Waals surface area contributed by atoms with Crippen LogP contribution in [0.15, 0.2) is 53.9 Å². The molecule has 15 heteroatoms. The maximum Gasteiger partial charge on any atom is 0.312 e. The number of anilines is 1. The number of aliphatic hydroxyl groups is 2. The van der Waals surface area contributed by atoms with E-state index in [2.05, 4.69) is 17.1 Å². The Balaban J connectivity index is 1.94. The Morgan fingerprint density at radius 1 is 0.983 bits per heavy atom. The molecule has 2 aromatic rings. The fourth-order valence-corrected chi connectivity index (χ4v) is 7.47. The number of oxime groups is 1. The van der Waals surface area contributed by atoms with Gasteiger partial charge in [0.15, 0.2) is 5.75 Å². The number of aliphatic hydroxyl groups excluding tert-OH is 2. The number of phenols is 3. The molecule has 3 aliphatic rings. The standard InChI is InChI=1S/C44H58N2O13/c1-11-12-13-14-19-57-45-21-29-34-39(52)32-31(38(29)51)33-41(27(7)37(32)50)59-44(9,42(33)53)56-20-18-30(55-10)24(4)40(58-28(8)47)26(6)36(49)25(5)35(48)22(2)16-15-17-23(3)43(54)46-34/h11,15-18,20-22,24-26,30,35-36,40,48-52H,1,12-14,19H2,2-10H3,(H,46,54)/t22-,24-,25+,26+,30-,35-,36+,40-,44-/m0/s1. The zero-order valence-corrected chi connectivity index (χ0v) is 35.1. The number of carbonyl (C=O) groups excluding carboxylic acids is 3. The quantitative estimate of drug-likeness (QED) is 0.0304. The lowest BCUT2D eigenvalue weighted by atomic mass is 9.78. The second-order valence-corrected chi connectivity index (χ2v) is 15.5. The van der Waals surface area contributed by atoms with E-state index >= 15 is 0 Å². The highest BCUT2D eigenvalue weighted by atomic mass is 16.7. The van der Waals surface area contributed by atoms with Crippen LogP contribution in [-0.4, -0.2) is 93.3 Å². The molecule has 0 spiro atoms. The van der Waals surface area contributed by atoms with Crippen molar-refractivity contribution in [3.63, 3.8) is 0 Å². The number of nitrogens with zero attached hydrogens (tertiary/aromatic N) is 1. The van der Waals surface area contributed by atoms with Crippen molar-refractivity contribution in [1.29, 1.82) is 0 Å². The third-order valence-corrected chi connectivity index (χ3v) is 11.2. The highest BCUT2D eigenvalue weighted by molar-refractivity contribution is 6.23. The van der Waals surface area contributed by atoms with E-state index < -0.39 is 88.8 Å². The van der Waals surface area contributed by atoms with Crippen molar-refractivity contribution < 1.29 is 63.7 Å². The smallest absolute Gasteiger partial charge is 0.312 e. The first kappa shape index (κ1) is 46.3. The number of ether oxygens (including phenoxy) is 4. The number of aromatic hydroxyl groups is 3. The van der Waals surface area contributed by atoms with Gasteiger partial charge in [0.1, 0.15) is 30.0 Å². The Kier molecular flexibility index (Phi) is 15.4. The molecule has 5 bridgehead atoms. The fraction of sp³-hybridized carbons (Fsp3) is 0.500. The molecule has 3 aliphatic heterocycles. The first-order chi connectivity index (χ1) is 27.8. The molecule has 9 atom stereocenters. The average molecular weight is 823 g/mol. The van der Waals surface area contributed by atoms with Crippen molar-refractivity contribution >= 4 is 40.3 Å². The molecule has 1 amide bonds. The Hall–Kier alpha value is -5.38. The van der Waals surface area contributed by atoms with Gasteiger partial charge in [0.25, 0.3) is 11.7 Å². The molecule has 6 N–H and O–H groups in total. The van der Waals surface area contributed by atoms with Gasteiger partial charge in [0.2, 0.25) is 0 Å². The Labute approximate surface area is 344 Å². The molecule has 5 rings (SSSR count). The van der Waals surface area contributed by atoms with E-state index in [4.69, 9.17) is 23.8 Å². The van der Waals surface area contributed by atoms with Crippen LogP contribution < -0.4 is 10.1 Å². The number of hydrogen-bond acceptors (Lipinski definition) is 14. The second-order valence-electron chi connectivity index (χ2n) is 15.5. The molecule has 0 fully saturated rings. The van der Waals surface area contributed by atoms with Crippen molar-refractivity contribution in [1.82, 2.24) is 0 Å². The van der Waals surface area contributed by atoms with E-state index in [0.717, 1.165) is 19.1 Å². The number of ketones is 1. The topological polar surface area (TPSA) is 223 Å². The normalized spacial score (nSPS) is 28.0. The number of allylic oxidation sites excluding steroid dienone is 3. The van der Waals surface area contributed by atoms with Gasteiger partial charge in [-0.25, -0.2) is 0 Å². The van der Waals surface area contributed by atoms with Crippen LogP contribution >= 0.6 is 0 Å². The minimum Gasteiger partial charge on any atom is -0.507 e. The third-order valence-electron chi connectivity index (χ3n) is 11.2. The average Bonchev–Trinajstić information content (AvgIpc) is 3.46. The summed E-state index contributed by atoms with van der Waals surface area (Å²) < 4.78 is 23.5. The maximum atomic E-state index is 14.4. The van der Waals surface area contributed by atoms with Gasteiger partial charge in [-0.2, -0.15) is 0 Å². The van der Waals surface area contributed by atoms with Gasteiger partial charge in [-0.1, -0.05) is 57.2 Å². The minimum atomic E-state index is -2.06. The van der Waals surface area contributed by atoms with Gasteiger partial charge >= 0.3 is 11.8 Å². The molecule has 0 saturated carbocycles. The fourth-order valence-electron chi connectivity index (χ4n) is 7.47. The van der Waals surface area contributed by atoms with E-state index in [-0.39, 0.29) is 51.1 Å². The SMILES string of the molecule is C=CCCCCON=Cc1c2c(O)c3c(O)c(C)c4c(c3c1O)C(=O)[C@@](C)(OC=C[C@H](OC)[C@H](C)[C@H](OC(C)=O)[C@H](C)[C@H](O)[C@H](C)[C@@H](O)[C@@H](C)C=CC=C(C)C(=O)N2)O4. The summed E-state index contributed by atoms with van der Waals surface area (Å²) >= 11 is 0. The van der Waals surface area contributed by atoms with Crippen LogP contribution in [0.2, 0.25) is 0 Å². The number of esters is 1. The van der Waals surface area contributed by atoms with Crippen LogP contribution in [0, 0.1) is 30.6 Å². The maximum absolute atomic E-state index is 14.4. The number of carbonyl (C=O) groups is 3. The molecule has 15 nitrogen and oxygen atoms in total. The van der Waals surface area contributed by atoms with Crippen molar-refractivity contribution in [3.05, 3.63) is 65.5 Å². The lowest BCUT2D eigenvalue weighted by Gasteiger charge is -2.38. The third kappa shape index (κ3) is 9.75. The summed E-state index contributed by atoms with van der Waals surface area (Å²) in [6.45, 7) is 16.3. The van der Waals surface area contributed by atoms with Crippen molar-refractivity contribution in [3.8, 4) is 23.0 Å². The van der Waals surface area contributed by atoms with Gasteiger partial charge in [-0.15, -0.1) is 6.58 Å². The summed E-state index contributed by atoms with van der Waals surface area (Å²) in [5.41, 5.74) is -0.610. The summed E-state index contributed by atoms with van der Waals surface area (Å²) in [6, 6.07) is 0. The van der Waals surface area contributed by atoms with Crippen LogP contribution in [-0.2, 0) is 28.6 Å². The molecule has 0 unspecified atom stereocenters.